The average molecular weight is 183 g/mol. The number of hydrogen-bond acceptors (Lipinski definition) is 5. The van der Waals surface area contributed by atoms with Gasteiger partial charge in [0.2, 0.25) is 0 Å². The molecule has 0 aliphatic carbocycles. The van der Waals surface area contributed by atoms with Crippen molar-refractivity contribution in [1.29, 1.82) is 5.41 Å². The third-order valence-electron chi connectivity index (χ3n) is 1.70. The standard InChI is InChI=1S/C7H13N5O/c1-2-3-4-5-6(7(8)10-9)12-13-11-5/h2-4,9H2,1H3,(H2,8,10). The van der Waals surface area contributed by atoms with Crippen LogP contribution in [0.2, 0.25) is 0 Å². The lowest BCUT2D eigenvalue weighted by molar-refractivity contribution is 0.302. The first-order valence-corrected chi connectivity index (χ1v) is 4.16. The Labute approximate surface area is 75.9 Å². The number of hydrazine groups is 1. The van der Waals surface area contributed by atoms with Crippen LogP contribution in [0.3, 0.4) is 0 Å². The molecule has 1 aromatic rings. The van der Waals surface area contributed by atoms with Crippen LogP contribution in [-0.2, 0) is 6.42 Å². The second-order valence-electron chi connectivity index (χ2n) is 2.68. The Morgan fingerprint density at radius 3 is 3.00 bits per heavy atom. The van der Waals surface area contributed by atoms with Gasteiger partial charge in [-0.1, -0.05) is 18.5 Å². The summed E-state index contributed by atoms with van der Waals surface area (Å²) in [6, 6.07) is 0. The number of hydrogen-bond donors (Lipinski definition) is 3. The fourth-order valence-electron chi connectivity index (χ4n) is 0.973. The Hall–Kier alpha value is -1.43. The van der Waals surface area contributed by atoms with E-state index < -0.39 is 0 Å². The lowest BCUT2D eigenvalue weighted by Gasteiger charge is -1.98. The van der Waals surface area contributed by atoms with Crippen molar-refractivity contribution in [3.63, 3.8) is 0 Å². The lowest BCUT2D eigenvalue weighted by Crippen LogP contribution is -2.31. The van der Waals surface area contributed by atoms with Gasteiger partial charge in [0.25, 0.3) is 0 Å². The molecule has 0 radical (unpaired) electrons. The number of rotatable bonds is 4. The SMILES string of the molecule is CCCCc1nonc1C(=N)NN. The summed E-state index contributed by atoms with van der Waals surface area (Å²) in [4.78, 5) is 0. The molecule has 0 unspecified atom stereocenters. The topological polar surface area (TPSA) is 101 Å². The highest BCUT2D eigenvalue weighted by Crippen LogP contribution is 2.06. The third kappa shape index (κ3) is 2.25. The maximum atomic E-state index is 7.37. The molecule has 1 heterocycles. The molecule has 0 atom stereocenters. The predicted octanol–water partition coefficient (Wildman–Crippen LogP) is 0.201. The largest absolute Gasteiger partial charge is 0.307 e. The molecule has 72 valence electrons. The van der Waals surface area contributed by atoms with E-state index in [1.807, 2.05) is 0 Å². The minimum absolute atomic E-state index is 0.0346. The Kier molecular flexibility index (Phi) is 3.39. The zero-order valence-electron chi connectivity index (χ0n) is 7.50. The number of nitrogens with one attached hydrogen (secondary N) is 2. The highest BCUT2D eigenvalue weighted by molar-refractivity contribution is 5.94. The fraction of sp³-hybridized carbons (Fsp3) is 0.571. The predicted molar refractivity (Wildman–Crippen MR) is 47.1 cm³/mol. The second-order valence-corrected chi connectivity index (χ2v) is 2.68. The van der Waals surface area contributed by atoms with Gasteiger partial charge < -0.3 is 5.43 Å². The highest BCUT2D eigenvalue weighted by atomic mass is 16.6. The van der Waals surface area contributed by atoms with Crippen molar-refractivity contribution in [2.75, 3.05) is 0 Å². The number of aromatic nitrogens is 2. The first kappa shape index (κ1) is 9.66. The van der Waals surface area contributed by atoms with Crippen molar-refractivity contribution < 1.29 is 4.63 Å². The molecule has 0 aromatic carbocycles. The third-order valence-corrected chi connectivity index (χ3v) is 1.70. The molecule has 4 N–H and O–H groups in total. The molecule has 0 amide bonds. The summed E-state index contributed by atoms with van der Waals surface area (Å²) in [6.45, 7) is 2.08. The zero-order valence-corrected chi connectivity index (χ0v) is 7.50. The van der Waals surface area contributed by atoms with Crippen LogP contribution in [0.15, 0.2) is 4.63 Å². The summed E-state index contributed by atoms with van der Waals surface area (Å²) < 4.78 is 4.53. The van der Waals surface area contributed by atoms with Gasteiger partial charge in [0.15, 0.2) is 11.5 Å². The summed E-state index contributed by atoms with van der Waals surface area (Å²) in [7, 11) is 0. The monoisotopic (exact) mass is 183 g/mol. The molecule has 0 bridgehead atoms. The smallest absolute Gasteiger partial charge is 0.173 e. The number of aryl methyl sites for hydroxylation is 1. The van der Waals surface area contributed by atoms with E-state index in [9.17, 15) is 0 Å². The molecular weight excluding hydrogens is 170 g/mol. The summed E-state index contributed by atoms with van der Waals surface area (Å²) in [5, 5.41) is 14.7. The molecule has 0 aliphatic heterocycles. The van der Waals surface area contributed by atoms with E-state index in [0.717, 1.165) is 19.3 Å². The van der Waals surface area contributed by atoms with E-state index in [2.05, 4.69) is 27.3 Å². The molecule has 0 spiro atoms. The first-order chi connectivity index (χ1) is 6.29. The maximum Gasteiger partial charge on any atom is 0.173 e. The molecule has 1 rings (SSSR count). The van der Waals surface area contributed by atoms with Crippen LogP contribution in [0.4, 0.5) is 0 Å². The second kappa shape index (κ2) is 4.56. The van der Waals surface area contributed by atoms with Crippen LogP contribution >= 0.6 is 0 Å². The van der Waals surface area contributed by atoms with Crippen LogP contribution in [0.1, 0.15) is 31.2 Å². The number of amidine groups is 1. The lowest BCUT2D eigenvalue weighted by atomic mass is 10.1. The van der Waals surface area contributed by atoms with Crippen molar-refractivity contribution in [2.24, 2.45) is 5.84 Å². The van der Waals surface area contributed by atoms with Gasteiger partial charge in [-0.2, -0.15) is 0 Å². The Balaban J connectivity index is 2.71. The van der Waals surface area contributed by atoms with Gasteiger partial charge in [0.05, 0.1) is 0 Å². The zero-order chi connectivity index (χ0) is 9.68. The van der Waals surface area contributed by atoms with E-state index >= 15 is 0 Å². The minimum Gasteiger partial charge on any atom is -0.307 e. The van der Waals surface area contributed by atoms with E-state index in [1.54, 1.807) is 0 Å². The molecule has 13 heavy (non-hydrogen) atoms. The molecular formula is C7H13N5O. The molecule has 0 saturated heterocycles. The highest BCUT2D eigenvalue weighted by Gasteiger charge is 2.12. The van der Waals surface area contributed by atoms with Crippen molar-refractivity contribution >= 4 is 5.84 Å². The fourth-order valence-corrected chi connectivity index (χ4v) is 0.973. The van der Waals surface area contributed by atoms with Gasteiger partial charge in [-0.25, -0.2) is 10.5 Å². The summed E-state index contributed by atoms with van der Waals surface area (Å²) in [6.07, 6.45) is 2.83. The minimum atomic E-state index is 0.0346. The Morgan fingerprint density at radius 1 is 1.62 bits per heavy atom. The molecule has 0 aliphatic rings. The number of unbranched alkanes of at least 4 members (excludes halogenated alkanes) is 1. The average Bonchev–Trinajstić information content (AvgIpc) is 2.61. The van der Waals surface area contributed by atoms with Gasteiger partial charge in [0, 0.05) is 0 Å². The van der Waals surface area contributed by atoms with Crippen LogP contribution in [0, 0.1) is 5.41 Å². The normalized spacial score (nSPS) is 10.0. The molecule has 0 fully saturated rings. The van der Waals surface area contributed by atoms with Crippen molar-refractivity contribution in [3.8, 4) is 0 Å². The van der Waals surface area contributed by atoms with Gasteiger partial charge in [0.1, 0.15) is 5.69 Å². The quantitative estimate of drug-likeness (QED) is 0.268. The van der Waals surface area contributed by atoms with Crippen molar-refractivity contribution in [2.45, 2.75) is 26.2 Å². The van der Waals surface area contributed by atoms with Gasteiger partial charge in [-0.05, 0) is 18.0 Å². The van der Waals surface area contributed by atoms with E-state index in [4.69, 9.17) is 11.3 Å². The van der Waals surface area contributed by atoms with Crippen LogP contribution in [0.25, 0.3) is 0 Å². The molecule has 0 saturated carbocycles. The summed E-state index contributed by atoms with van der Waals surface area (Å²) >= 11 is 0. The van der Waals surface area contributed by atoms with Crippen LogP contribution in [0.5, 0.6) is 0 Å². The van der Waals surface area contributed by atoms with E-state index in [0.29, 0.717) is 11.4 Å². The maximum absolute atomic E-state index is 7.37. The first-order valence-electron chi connectivity index (χ1n) is 4.16. The molecule has 1 aromatic heterocycles. The van der Waals surface area contributed by atoms with Gasteiger partial charge >= 0.3 is 0 Å². The van der Waals surface area contributed by atoms with Crippen LogP contribution in [-0.4, -0.2) is 16.1 Å². The molecule has 6 nitrogen and oxygen atoms in total. The summed E-state index contributed by atoms with van der Waals surface area (Å²) in [5.74, 6) is 5.11. The number of nitrogens with zero attached hydrogens (tertiary/aromatic N) is 2. The van der Waals surface area contributed by atoms with Crippen molar-refractivity contribution in [3.05, 3.63) is 11.4 Å². The number of nitrogens with two attached hydrogens (primary N) is 1. The van der Waals surface area contributed by atoms with Crippen molar-refractivity contribution in [1.82, 2.24) is 15.7 Å². The van der Waals surface area contributed by atoms with E-state index in [-0.39, 0.29) is 5.84 Å². The van der Waals surface area contributed by atoms with Crippen LogP contribution < -0.4 is 11.3 Å². The van der Waals surface area contributed by atoms with Gasteiger partial charge in [-0.15, -0.1) is 0 Å². The summed E-state index contributed by atoms with van der Waals surface area (Å²) in [5.41, 5.74) is 3.29. The van der Waals surface area contributed by atoms with E-state index in [1.165, 1.54) is 0 Å². The Bertz CT molecular complexity index is 282. The molecule has 6 heteroatoms. The van der Waals surface area contributed by atoms with Gasteiger partial charge in [-0.3, -0.25) is 5.41 Å². The Morgan fingerprint density at radius 2 is 2.38 bits per heavy atom.